The summed E-state index contributed by atoms with van der Waals surface area (Å²) >= 11 is 0. The SMILES string of the molecule is COc1ccc(C2C(C(=O)Nc3ccc(NC(C)=O)cc3)c3ccccc3C(=O)N2C)cc1OC. The third-order valence-corrected chi connectivity index (χ3v) is 6.08. The van der Waals surface area contributed by atoms with Gasteiger partial charge >= 0.3 is 0 Å². The van der Waals surface area contributed by atoms with Crippen molar-refractivity contribution in [2.75, 3.05) is 31.9 Å². The van der Waals surface area contributed by atoms with Gasteiger partial charge in [0.15, 0.2) is 11.5 Å². The first-order valence-corrected chi connectivity index (χ1v) is 11.1. The molecule has 3 aromatic rings. The van der Waals surface area contributed by atoms with Crippen LogP contribution >= 0.6 is 0 Å². The number of likely N-dealkylation sites (N-methyl/N-ethyl adjacent to an activating group) is 1. The van der Waals surface area contributed by atoms with Crippen molar-refractivity contribution in [1.29, 1.82) is 0 Å². The Bertz CT molecular complexity index is 1270. The van der Waals surface area contributed by atoms with E-state index in [9.17, 15) is 14.4 Å². The molecule has 3 amide bonds. The predicted octanol–water partition coefficient (Wildman–Crippen LogP) is 4.21. The summed E-state index contributed by atoms with van der Waals surface area (Å²) in [7, 11) is 4.79. The Morgan fingerprint density at radius 3 is 2.11 bits per heavy atom. The van der Waals surface area contributed by atoms with E-state index in [2.05, 4.69) is 10.6 Å². The van der Waals surface area contributed by atoms with Crippen LogP contribution in [-0.4, -0.2) is 43.9 Å². The van der Waals surface area contributed by atoms with E-state index in [1.807, 2.05) is 18.2 Å². The summed E-state index contributed by atoms with van der Waals surface area (Å²) in [5, 5.41) is 5.68. The van der Waals surface area contributed by atoms with Crippen LogP contribution in [-0.2, 0) is 9.59 Å². The van der Waals surface area contributed by atoms with Gasteiger partial charge in [-0.15, -0.1) is 0 Å². The zero-order chi connectivity index (χ0) is 25.1. The molecule has 2 atom stereocenters. The smallest absolute Gasteiger partial charge is 0.254 e. The predicted molar refractivity (Wildman–Crippen MR) is 133 cm³/mol. The Balaban J connectivity index is 1.74. The summed E-state index contributed by atoms with van der Waals surface area (Å²) in [6, 6.07) is 18.9. The lowest BCUT2D eigenvalue weighted by atomic mass is 9.79. The van der Waals surface area contributed by atoms with E-state index in [4.69, 9.17) is 9.47 Å². The van der Waals surface area contributed by atoms with Crippen LogP contribution in [0.5, 0.6) is 11.5 Å². The van der Waals surface area contributed by atoms with E-state index in [-0.39, 0.29) is 17.7 Å². The van der Waals surface area contributed by atoms with Crippen LogP contribution in [0.3, 0.4) is 0 Å². The molecule has 2 unspecified atom stereocenters. The summed E-state index contributed by atoms with van der Waals surface area (Å²) in [4.78, 5) is 39.8. The summed E-state index contributed by atoms with van der Waals surface area (Å²) in [5.74, 6) is -0.208. The fourth-order valence-corrected chi connectivity index (χ4v) is 4.47. The molecule has 1 aliphatic heterocycles. The number of methoxy groups -OCH3 is 2. The Hall–Kier alpha value is -4.33. The minimum Gasteiger partial charge on any atom is -0.493 e. The third kappa shape index (κ3) is 4.68. The molecule has 8 nitrogen and oxygen atoms in total. The van der Waals surface area contributed by atoms with Gasteiger partial charge in [-0.25, -0.2) is 0 Å². The number of carbonyl (C=O) groups excluding carboxylic acids is 3. The monoisotopic (exact) mass is 473 g/mol. The van der Waals surface area contributed by atoms with Gasteiger partial charge in [-0.3, -0.25) is 14.4 Å². The fourth-order valence-electron chi connectivity index (χ4n) is 4.47. The molecule has 0 aromatic heterocycles. The molecular formula is C27H27N3O5. The first-order chi connectivity index (χ1) is 16.8. The molecule has 0 radical (unpaired) electrons. The Labute approximate surface area is 203 Å². The molecule has 0 saturated carbocycles. The number of benzene rings is 3. The van der Waals surface area contributed by atoms with E-state index in [0.717, 1.165) is 5.56 Å². The lowest BCUT2D eigenvalue weighted by molar-refractivity contribution is -0.119. The standard InChI is InChI=1S/C27H27N3O5/c1-16(31)28-18-10-12-19(13-11-18)29-26(32)24-20-7-5-6-8-21(20)27(33)30(2)25(24)17-9-14-22(34-3)23(15-17)35-4/h5-15,24-25H,1-4H3,(H,28,31)(H,29,32). The average molecular weight is 474 g/mol. The maximum atomic E-state index is 13.7. The van der Waals surface area contributed by atoms with Crippen LogP contribution in [0, 0.1) is 0 Å². The molecule has 0 aliphatic carbocycles. The third-order valence-electron chi connectivity index (χ3n) is 6.08. The summed E-state index contributed by atoms with van der Waals surface area (Å²) < 4.78 is 10.8. The van der Waals surface area contributed by atoms with E-state index in [0.29, 0.717) is 34.0 Å². The van der Waals surface area contributed by atoms with Crippen molar-refractivity contribution in [1.82, 2.24) is 4.90 Å². The topological polar surface area (TPSA) is 97.0 Å². The number of hydrogen-bond donors (Lipinski definition) is 2. The van der Waals surface area contributed by atoms with Gasteiger partial charge in [0.1, 0.15) is 0 Å². The van der Waals surface area contributed by atoms with E-state index >= 15 is 0 Å². The van der Waals surface area contributed by atoms with Gasteiger partial charge in [-0.1, -0.05) is 24.3 Å². The highest BCUT2D eigenvalue weighted by Gasteiger charge is 2.42. The molecular weight excluding hydrogens is 446 g/mol. The van der Waals surface area contributed by atoms with Crippen molar-refractivity contribution in [2.45, 2.75) is 18.9 Å². The van der Waals surface area contributed by atoms with Gasteiger partial charge in [-0.2, -0.15) is 0 Å². The maximum Gasteiger partial charge on any atom is 0.254 e. The second-order valence-electron chi connectivity index (χ2n) is 8.29. The molecule has 8 heteroatoms. The number of nitrogens with one attached hydrogen (secondary N) is 2. The summed E-state index contributed by atoms with van der Waals surface area (Å²) in [6.07, 6.45) is 0. The number of hydrogen-bond acceptors (Lipinski definition) is 5. The van der Waals surface area contributed by atoms with Crippen LogP contribution in [0.15, 0.2) is 66.7 Å². The zero-order valence-electron chi connectivity index (χ0n) is 20.0. The van der Waals surface area contributed by atoms with Crippen LogP contribution in [0.4, 0.5) is 11.4 Å². The van der Waals surface area contributed by atoms with Crippen molar-refractivity contribution in [3.05, 3.63) is 83.4 Å². The molecule has 2 N–H and O–H groups in total. The van der Waals surface area contributed by atoms with E-state index < -0.39 is 12.0 Å². The highest BCUT2D eigenvalue weighted by atomic mass is 16.5. The number of rotatable bonds is 6. The van der Waals surface area contributed by atoms with Gasteiger partial charge in [0.05, 0.1) is 26.2 Å². The van der Waals surface area contributed by atoms with Crippen molar-refractivity contribution in [3.8, 4) is 11.5 Å². The lowest BCUT2D eigenvalue weighted by Crippen LogP contribution is -2.44. The Morgan fingerprint density at radius 2 is 1.49 bits per heavy atom. The minimum absolute atomic E-state index is 0.163. The average Bonchev–Trinajstić information content (AvgIpc) is 2.86. The Kier molecular flexibility index (Phi) is 6.73. The van der Waals surface area contributed by atoms with Gasteiger partial charge in [0.25, 0.3) is 5.91 Å². The van der Waals surface area contributed by atoms with Crippen molar-refractivity contribution in [2.24, 2.45) is 0 Å². The number of amides is 3. The number of anilines is 2. The minimum atomic E-state index is -0.679. The highest BCUT2D eigenvalue weighted by Crippen LogP contribution is 2.44. The van der Waals surface area contributed by atoms with Gasteiger partial charge in [-0.05, 0) is 53.6 Å². The second kappa shape index (κ2) is 9.89. The van der Waals surface area contributed by atoms with Gasteiger partial charge in [0.2, 0.25) is 11.8 Å². The van der Waals surface area contributed by atoms with E-state index in [1.165, 1.54) is 6.92 Å². The van der Waals surface area contributed by atoms with Crippen LogP contribution in [0.2, 0.25) is 0 Å². The van der Waals surface area contributed by atoms with Crippen molar-refractivity contribution in [3.63, 3.8) is 0 Å². The summed E-state index contributed by atoms with van der Waals surface area (Å²) in [5.41, 5.74) is 3.10. The number of carbonyl (C=O) groups is 3. The molecule has 1 aliphatic rings. The highest BCUT2D eigenvalue weighted by molar-refractivity contribution is 6.04. The van der Waals surface area contributed by atoms with E-state index in [1.54, 1.807) is 74.7 Å². The van der Waals surface area contributed by atoms with Crippen molar-refractivity contribution >= 4 is 29.1 Å². The molecule has 0 fully saturated rings. The zero-order valence-corrected chi connectivity index (χ0v) is 20.0. The molecule has 0 spiro atoms. The van der Waals surface area contributed by atoms with Gasteiger partial charge < -0.3 is 25.0 Å². The normalized spacial score (nSPS) is 16.8. The summed E-state index contributed by atoms with van der Waals surface area (Å²) in [6.45, 7) is 1.43. The number of ether oxygens (including phenoxy) is 2. The van der Waals surface area contributed by atoms with Crippen LogP contribution < -0.4 is 20.1 Å². The molecule has 180 valence electrons. The number of fused-ring (bicyclic) bond motifs is 1. The Morgan fingerprint density at radius 1 is 0.857 bits per heavy atom. The van der Waals surface area contributed by atoms with Gasteiger partial charge in [0, 0.05) is 30.9 Å². The molecule has 1 heterocycles. The number of nitrogens with zero attached hydrogens (tertiary/aromatic N) is 1. The molecule has 35 heavy (non-hydrogen) atoms. The first kappa shape index (κ1) is 23.8. The first-order valence-electron chi connectivity index (χ1n) is 11.1. The molecule has 3 aromatic carbocycles. The quantitative estimate of drug-likeness (QED) is 0.559. The van der Waals surface area contributed by atoms with Crippen LogP contribution in [0.25, 0.3) is 0 Å². The molecule has 0 bridgehead atoms. The lowest BCUT2D eigenvalue weighted by Gasteiger charge is -2.40. The fraction of sp³-hybridized carbons (Fsp3) is 0.222. The second-order valence-corrected chi connectivity index (χ2v) is 8.29. The molecule has 4 rings (SSSR count). The van der Waals surface area contributed by atoms with Crippen molar-refractivity contribution < 1.29 is 23.9 Å². The maximum absolute atomic E-state index is 13.7. The molecule has 0 saturated heterocycles. The van der Waals surface area contributed by atoms with Crippen LogP contribution in [0.1, 0.15) is 40.4 Å². The largest absolute Gasteiger partial charge is 0.493 e.